The minimum atomic E-state index is 0.0360. The molecule has 0 fully saturated rings. The Labute approximate surface area is 155 Å². The van der Waals surface area contributed by atoms with Crippen LogP contribution in [-0.2, 0) is 18.6 Å². The molecule has 130 valence electrons. The van der Waals surface area contributed by atoms with E-state index in [4.69, 9.17) is 4.98 Å². The van der Waals surface area contributed by atoms with E-state index in [1.54, 1.807) is 23.1 Å². The number of hydrogen-bond acceptors (Lipinski definition) is 4. The molecule has 1 N–H and O–H groups in total. The van der Waals surface area contributed by atoms with Gasteiger partial charge in [-0.15, -0.1) is 23.1 Å². The number of aromatic nitrogens is 2. The van der Waals surface area contributed by atoms with E-state index in [1.165, 1.54) is 44.0 Å². The van der Waals surface area contributed by atoms with Crippen LogP contribution >= 0.6 is 23.1 Å². The minimum Gasteiger partial charge on any atom is -0.309 e. The van der Waals surface area contributed by atoms with Crippen molar-refractivity contribution in [3.05, 3.63) is 54.9 Å². The normalized spacial score (nSPS) is 13.6. The van der Waals surface area contributed by atoms with E-state index in [-0.39, 0.29) is 5.56 Å². The van der Waals surface area contributed by atoms with Crippen LogP contribution in [0.4, 0.5) is 0 Å². The first-order chi connectivity index (χ1) is 12.0. The molecule has 1 aliphatic rings. The summed E-state index contributed by atoms with van der Waals surface area (Å²) in [5.41, 5.74) is 6.57. The van der Waals surface area contributed by atoms with Gasteiger partial charge >= 0.3 is 0 Å². The van der Waals surface area contributed by atoms with Crippen molar-refractivity contribution in [3.8, 4) is 0 Å². The second kappa shape index (κ2) is 6.29. The van der Waals surface area contributed by atoms with E-state index in [2.05, 4.69) is 38.7 Å². The number of hydrogen-bond donors (Lipinski definition) is 1. The maximum absolute atomic E-state index is 12.6. The zero-order valence-corrected chi connectivity index (χ0v) is 16.7. The highest BCUT2D eigenvalue weighted by Crippen LogP contribution is 2.36. The molecule has 0 spiro atoms. The Morgan fingerprint density at radius 1 is 1.16 bits per heavy atom. The Kier molecular flexibility index (Phi) is 4.24. The highest BCUT2D eigenvalue weighted by Gasteiger charge is 2.21. The summed E-state index contributed by atoms with van der Waals surface area (Å²) in [4.78, 5) is 23.9. The lowest BCUT2D eigenvalue weighted by Gasteiger charge is -2.14. The van der Waals surface area contributed by atoms with Crippen molar-refractivity contribution in [1.82, 2.24) is 9.97 Å². The molecule has 0 aliphatic heterocycles. The van der Waals surface area contributed by atoms with Crippen LogP contribution in [0, 0.1) is 27.7 Å². The summed E-state index contributed by atoms with van der Waals surface area (Å²) in [5, 5.41) is 0.838. The lowest BCUT2D eigenvalue weighted by Crippen LogP contribution is -2.11. The summed E-state index contributed by atoms with van der Waals surface area (Å²) >= 11 is 3.48. The smallest absolute Gasteiger partial charge is 0.259 e. The molecule has 4 rings (SSSR count). The van der Waals surface area contributed by atoms with Crippen molar-refractivity contribution in [2.75, 3.05) is 0 Å². The van der Waals surface area contributed by atoms with E-state index in [0.29, 0.717) is 5.75 Å². The number of rotatable bonds is 3. The second-order valence-electron chi connectivity index (χ2n) is 6.93. The Balaban J connectivity index is 1.68. The second-order valence-corrected chi connectivity index (χ2v) is 9.00. The predicted molar refractivity (Wildman–Crippen MR) is 107 cm³/mol. The molecule has 3 aromatic rings. The molecule has 0 unspecified atom stereocenters. The van der Waals surface area contributed by atoms with Crippen LogP contribution in [0.15, 0.2) is 15.8 Å². The van der Waals surface area contributed by atoms with Crippen LogP contribution in [0.25, 0.3) is 10.2 Å². The average Bonchev–Trinajstić information content (AvgIpc) is 3.13. The van der Waals surface area contributed by atoms with Crippen molar-refractivity contribution >= 4 is 33.3 Å². The van der Waals surface area contributed by atoms with Crippen LogP contribution in [0.3, 0.4) is 0 Å². The number of fused-ring (bicyclic) bond motifs is 3. The summed E-state index contributed by atoms with van der Waals surface area (Å²) in [6.45, 7) is 8.66. The van der Waals surface area contributed by atoms with Gasteiger partial charge in [-0.2, -0.15) is 0 Å². The predicted octanol–water partition coefficient (Wildman–Crippen LogP) is 5.00. The van der Waals surface area contributed by atoms with Gasteiger partial charge in [0, 0.05) is 9.77 Å². The highest BCUT2D eigenvalue weighted by atomic mass is 32.2. The highest BCUT2D eigenvalue weighted by molar-refractivity contribution is 7.98. The number of thiophene rings is 1. The first-order valence-corrected chi connectivity index (χ1v) is 10.5. The number of aryl methyl sites for hydroxylation is 4. The van der Waals surface area contributed by atoms with Gasteiger partial charge in [0.2, 0.25) is 0 Å². The molecule has 25 heavy (non-hydrogen) atoms. The SMILES string of the molecule is Cc1cc(C)c(C)c(SCc2nc3sc4c(c3c(=O)[nH]2)CCC4)c1C. The van der Waals surface area contributed by atoms with Crippen LogP contribution in [-0.4, -0.2) is 9.97 Å². The zero-order valence-electron chi connectivity index (χ0n) is 15.1. The van der Waals surface area contributed by atoms with Gasteiger partial charge in [0.1, 0.15) is 10.7 Å². The number of H-pyrrole nitrogens is 1. The Hall–Kier alpha value is -1.59. The van der Waals surface area contributed by atoms with Gasteiger partial charge < -0.3 is 4.98 Å². The lowest BCUT2D eigenvalue weighted by molar-refractivity contribution is 0.916. The first kappa shape index (κ1) is 16.9. The number of nitrogens with zero attached hydrogens (tertiary/aromatic N) is 1. The summed E-state index contributed by atoms with van der Waals surface area (Å²) in [5.74, 6) is 1.47. The third-order valence-electron chi connectivity index (χ3n) is 5.27. The van der Waals surface area contributed by atoms with E-state index in [0.717, 1.165) is 28.9 Å². The fourth-order valence-electron chi connectivity index (χ4n) is 3.65. The van der Waals surface area contributed by atoms with E-state index < -0.39 is 0 Å². The van der Waals surface area contributed by atoms with E-state index >= 15 is 0 Å². The molecular weight excluding hydrogens is 348 g/mol. The average molecular weight is 371 g/mol. The summed E-state index contributed by atoms with van der Waals surface area (Å²) < 4.78 is 0. The molecule has 2 heterocycles. The number of nitrogens with one attached hydrogen (secondary N) is 1. The monoisotopic (exact) mass is 370 g/mol. The quantitative estimate of drug-likeness (QED) is 0.660. The van der Waals surface area contributed by atoms with Gasteiger partial charge in [0.25, 0.3) is 5.56 Å². The third kappa shape index (κ3) is 2.83. The Morgan fingerprint density at radius 2 is 1.88 bits per heavy atom. The largest absolute Gasteiger partial charge is 0.309 e. The van der Waals surface area contributed by atoms with Crippen molar-refractivity contribution in [1.29, 1.82) is 0 Å². The number of aromatic amines is 1. The molecular formula is C20H22N2OS2. The summed E-state index contributed by atoms with van der Waals surface area (Å²) in [6.07, 6.45) is 3.29. The van der Waals surface area contributed by atoms with Crippen molar-refractivity contribution < 1.29 is 0 Å². The lowest BCUT2D eigenvalue weighted by atomic mass is 10.0. The van der Waals surface area contributed by atoms with Crippen molar-refractivity contribution in [3.63, 3.8) is 0 Å². The van der Waals surface area contributed by atoms with Gasteiger partial charge in [-0.05, 0) is 74.8 Å². The summed E-state index contributed by atoms with van der Waals surface area (Å²) in [6, 6.07) is 2.24. The van der Waals surface area contributed by atoms with Crippen LogP contribution in [0.1, 0.15) is 44.9 Å². The van der Waals surface area contributed by atoms with Crippen molar-refractivity contribution in [2.45, 2.75) is 57.6 Å². The Bertz CT molecular complexity index is 1020. The van der Waals surface area contributed by atoms with Gasteiger partial charge in [0.05, 0.1) is 11.1 Å². The molecule has 0 atom stereocenters. The van der Waals surface area contributed by atoms with Crippen LogP contribution in [0.2, 0.25) is 0 Å². The van der Waals surface area contributed by atoms with Gasteiger partial charge in [0.15, 0.2) is 0 Å². The third-order valence-corrected chi connectivity index (χ3v) is 7.78. The maximum Gasteiger partial charge on any atom is 0.259 e. The molecule has 3 nitrogen and oxygen atoms in total. The molecule has 0 bridgehead atoms. The molecule has 0 saturated carbocycles. The van der Waals surface area contributed by atoms with Crippen LogP contribution in [0.5, 0.6) is 0 Å². The molecule has 0 saturated heterocycles. The maximum atomic E-state index is 12.6. The molecule has 1 aromatic carbocycles. The molecule has 5 heteroatoms. The van der Waals surface area contributed by atoms with E-state index in [1.807, 2.05) is 0 Å². The fraction of sp³-hybridized carbons (Fsp3) is 0.400. The van der Waals surface area contributed by atoms with Gasteiger partial charge in [-0.25, -0.2) is 4.98 Å². The molecule has 2 aromatic heterocycles. The van der Waals surface area contributed by atoms with Gasteiger partial charge in [-0.3, -0.25) is 4.79 Å². The summed E-state index contributed by atoms with van der Waals surface area (Å²) in [7, 11) is 0. The fourth-order valence-corrected chi connectivity index (χ4v) is 6.11. The molecule has 0 amide bonds. The standard InChI is InChI=1S/C20H22N2OS2/c1-10-8-11(2)13(4)18(12(10)3)24-9-16-21-19(23)17-14-6-5-7-15(14)25-20(17)22-16/h8H,5-7,9H2,1-4H3,(H,21,22,23). The van der Waals surface area contributed by atoms with Crippen LogP contribution < -0.4 is 5.56 Å². The minimum absolute atomic E-state index is 0.0360. The molecule has 0 radical (unpaired) electrons. The number of benzene rings is 1. The topological polar surface area (TPSA) is 45.8 Å². The number of thioether (sulfide) groups is 1. The van der Waals surface area contributed by atoms with Gasteiger partial charge in [-0.1, -0.05) is 6.07 Å². The van der Waals surface area contributed by atoms with E-state index in [9.17, 15) is 4.79 Å². The first-order valence-electron chi connectivity index (χ1n) is 8.69. The Morgan fingerprint density at radius 3 is 2.60 bits per heavy atom. The van der Waals surface area contributed by atoms with Crippen molar-refractivity contribution in [2.24, 2.45) is 0 Å². The zero-order chi connectivity index (χ0) is 17.7. The molecule has 1 aliphatic carbocycles.